The van der Waals surface area contributed by atoms with Crippen molar-refractivity contribution in [2.75, 3.05) is 39.3 Å². The number of aromatic amines is 1. The van der Waals surface area contributed by atoms with Crippen LogP contribution in [0, 0.1) is 13.8 Å². The van der Waals surface area contributed by atoms with Crippen LogP contribution in [0.4, 0.5) is 23.7 Å². The number of hydrogen-bond donors (Lipinski definition) is 3. The molecule has 2 saturated heterocycles. The maximum absolute atomic E-state index is 13.4. The van der Waals surface area contributed by atoms with Gasteiger partial charge in [-0.3, -0.25) is 24.7 Å². The number of aryl methyl sites for hydroxylation is 1. The monoisotopic (exact) mass is 765 g/mol. The van der Waals surface area contributed by atoms with Gasteiger partial charge in [-0.25, -0.2) is 9.78 Å². The highest BCUT2D eigenvalue weighted by Gasteiger charge is 2.51. The molecule has 0 aliphatic carbocycles. The minimum atomic E-state index is -4.54. The number of aliphatic imine (C=N–C) groups is 1. The van der Waals surface area contributed by atoms with Gasteiger partial charge in [-0.15, -0.1) is 0 Å². The molecule has 0 unspecified atom stereocenters. The van der Waals surface area contributed by atoms with Gasteiger partial charge in [-0.2, -0.15) is 18.3 Å². The fourth-order valence-electron chi connectivity index (χ4n) is 6.86. The fourth-order valence-corrected chi connectivity index (χ4v) is 6.86. The Morgan fingerprint density at radius 1 is 0.982 bits per heavy atom. The van der Waals surface area contributed by atoms with Crippen molar-refractivity contribution in [3.8, 4) is 11.1 Å². The SMILES string of the molecule is Cc1ccc(N=C/C(=C\N)C(=O)NCc2nc(C(C)(C)C(F)(F)F)n[nH]2)c(C)c1-c1ccc(CN2CCC(N3CCN(C(=O)OC(C)(C)C)CC3)CC2)cc1. The first-order chi connectivity index (χ1) is 25.9. The summed E-state index contributed by atoms with van der Waals surface area (Å²) in [6.45, 7) is 17.6. The topological polar surface area (TPSA) is 145 Å². The molecule has 2 fully saturated rings. The summed E-state index contributed by atoms with van der Waals surface area (Å²) in [5.41, 5.74) is 9.15. The van der Waals surface area contributed by atoms with Crippen LogP contribution >= 0.6 is 0 Å². The van der Waals surface area contributed by atoms with Crippen molar-refractivity contribution in [1.82, 2.24) is 35.2 Å². The van der Waals surface area contributed by atoms with Crippen LogP contribution in [0.5, 0.6) is 0 Å². The largest absolute Gasteiger partial charge is 0.444 e. The van der Waals surface area contributed by atoms with Gasteiger partial charge in [0.2, 0.25) is 0 Å². The lowest BCUT2D eigenvalue weighted by Crippen LogP contribution is -2.54. The zero-order chi connectivity index (χ0) is 40.1. The van der Waals surface area contributed by atoms with Crippen LogP contribution in [-0.2, 0) is 28.0 Å². The number of alkyl halides is 3. The van der Waals surface area contributed by atoms with E-state index in [9.17, 15) is 22.8 Å². The van der Waals surface area contributed by atoms with Crippen molar-refractivity contribution in [3.63, 3.8) is 0 Å². The lowest BCUT2D eigenvalue weighted by atomic mass is 9.92. The van der Waals surface area contributed by atoms with Crippen LogP contribution < -0.4 is 11.1 Å². The van der Waals surface area contributed by atoms with E-state index in [0.717, 1.165) is 87.9 Å². The molecule has 2 aliphatic heterocycles. The summed E-state index contributed by atoms with van der Waals surface area (Å²) in [5.74, 6) is -0.906. The van der Waals surface area contributed by atoms with Crippen LogP contribution in [-0.4, -0.2) is 105 Å². The molecule has 0 saturated carbocycles. The number of nitrogens with two attached hydrogens (primary N) is 1. The fraction of sp³-hybridized carbons (Fsp3) is 0.525. The van der Waals surface area contributed by atoms with Gasteiger partial charge in [-0.05, 0) is 108 Å². The maximum atomic E-state index is 13.4. The summed E-state index contributed by atoms with van der Waals surface area (Å²) in [6, 6.07) is 13.0. The number of benzene rings is 2. The summed E-state index contributed by atoms with van der Waals surface area (Å²) < 4.78 is 45.7. The van der Waals surface area contributed by atoms with Crippen LogP contribution in [0.3, 0.4) is 0 Å². The third-order valence-corrected chi connectivity index (χ3v) is 10.3. The molecule has 2 amide bonds. The van der Waals surface area contributed by atoms with Gasteiger partial charge in [0.25, 0.3) is 5.91 Å². The van der Waals surface area contributed by atoms with E-state index in [4.69, 9.17) is 10.5 Å². The van der Waals surface area contributed by atoms with Crippen LogP contribution in [0.2, 0.25) is 0 Å². The van der Waals surface area contributed by atoms with E-state index in [1.807, 2.05) is 44.7 Å². The lowest BCUT2D eigenvalue weighted by Gasteiger charge is -2.42. The van der Waals surface area contributed by atoms with E-state index < -0.39 is 28.9 Å². The Kier molecular flexibility index (Phi) is 12.8. The molecule has 0 radical (unpaired) electrons. The number of hydrogen-bond acceptors (Lipinski definition) is 9. The lowest BCUT2D eigenvalue weighted by molar-refractivity contribution is -0.182. The molecule has 0 spiro atoms. The van der Waals surface area contributed by atoms with Gasteiger partial charge >= 0.3 is 12.3 Å². The Labute approximate surface area is 321 Å². The number of halogens is 3. The minimum Gasteiger partial charge on any atom is -0.444 e. The third-order valence-electron chi connectivity index (χ3n) is 10.3. The number of rotatable bonds is 10. The average Bonchev–Trinajstić information content (AvgIpc) is 3.62. The van der Waals surface area contributed by atoms with Gasteiger partial charge < -0.3 is 20.7 Å². The zero-order valence-corrected chi connectivity index (χ0v) is 32.9. The molecule has 5 rings (SSSR count). The highest BCUT2D eigenvalue weighted by Crippen LogP contribution is 2.38. The van der Waals surface area contributed by atoms with E-state index in [1.165, 1.54) is 11.8 Å². The molecule has 0 atom stereocenters. The van der Waals surface area contributed by atoms with E-state index in [-0.39, 0.29) is 24.0 Å². The Bertz CT molecular complexity index is 1860. The van der Waals surface area contributed by atoms with Gasteiger partial charge in [-0.1, -0.05) is 30.3 Å². The first kappa shape index (κ1) is 41.4. The number of likely N-dealkylation sites (tertiary alicyclic amines) is 1. The van der Waals surface area contributed by atoms with Crippen molar-refractivity contribution in [2.45, 2.75) is 97.6 Å². The van der Waals surface area contributed by atoms with Crippen molar-refractivity contribution in [1.29, 1.82) is 0 Å². The van der Waals surface area contributed by atoms with Crippen LogP contribution in [0.25, 0.3) is 11.1 Å². The van der Waals surface area contributed by atoms with E-state index in [0.29, 0.717) is 24.8 Å². The van der Waals surface area contributed by atoms with Crippen LogP contribution in [0.15, 0.2) is 53.2 Å². The molecule has 0 bridgehead atoms. The highest BCUT2D eigenvalue weighted by molar-refractivity contribution is 6.12. The molecule has 2 aromatic carbocycles. The van der Waals surface area contributed by atoms with Crippen LogP contribution in [0.1, 0.15) is 75.8 Å². The molecule has 1 aromatic heterocycles. The molecular formula is C40H54F3N9O3. The highest BCUT2D eigenvalue weighted by atomic mass is 19.4. The van der Waals surface area contributed by atoms with Crippen molar-refractivity contribution < 1.29 is 27.5 Å². The number of amides is 2. The van der Waals surface area contributed by atoms with E-state index in [1.54, 1.807) is 0 Å². The van der Waals surface area contributed by atoms with E-state index >= 15 is 0 Å². The first-order valence-electron chi connectivity index (χ1n) is 18.7. The number of aromatic nitrogens is 3. The molecule has 12 nitrogen and oxygen atoms in total. The molecule has 3 aromatic rings. The smallest absolute Gasteiger partial charge is 0.410 e. The van der Waals surface area contributed by atoms with Gasteiger partial charge in [0.15, 0.2) is 5.82 Å². The van der Waals surface area contributed by atoms with E-state index in [2.05, 4.69) is 66.5 Å². The predicted molar refractivity (Wildman–Crippen MR) is 207 cm³/mol. The summed E-state index contributed by atoms with van der Waals surface area (Å²) in [4.78, 5) is 40.7. The maximum Gasteiger partial charge on any atom is 0.410 e. The number of ether oxygens (including phenoxy) is 1. The second-order valence-electron chi connectivity index (χ2n) is 15.9. The molecule has 2 aliphatic rings. The second kappa shape index (κ2) is 16.9. The number of nitrogens with zero attached hydrogens (tertiary/aromatic N) is 6. The standard InChI is InChI=1S/C40H54F3N9O3/c1-26-8-13-32(45-23-30(22-44)35(53)46-24-33-47-36(49-48-33)39(6,7)40(41,42)43)27(2)34(26)29-11-9-28(10-12-29)25-50-16-14-31(15-17-50)51-18-20-52(21-19-51)37(54)55-38(3,4)5/h8-13,22-23,31H,14-21,24-25,44H2,1-7H3,(H,46,53)(H,47,48,49)/b30-22+,45-23?. The van der Waals surface area contributed by atoms with Crippen molar-refractivity contribution >= 4 is 23.9 Å². The molecular weight excluding hydrogens is 711 g/mol. The molecule has 298 valence electrons. The summed E-state index contributed by atoms with van der Waals surface area (Å²) in [6.07, 6.45) is -0.0685. The molecule has 4 N–H and O–H groups in total. The second-order valence-corrected chi connectivity index (χ2v) is 15.9. The number of carbonyl (C=O) groups excluding carboxylic acids is 2. The number of piperazine rings is 1. The number of H-pyrrole nitrogens is 1. The number of nitrogens with one attached hydrogen (secondary N) is 2. The first-order valence-corrected chi connectivity index (χ1v) is 18.7. The zero-order valence-electron chi connectivity index (χ0n) is 32.9. The predicted octanol–water partition coefficient (Wildman–Crippen LogP) is 6.31. The van der Waals surface area contributed by atoms with Gasteiger partial charge in [0.1, 0.15) is 16.8 Å². The van der Waals surface area contributed by atoms with Crippen molar-refractivity contribution in [2.24, 2.45) is 10.7 Å². The van der Waals surface area contributed by atoms with Gasteiger partial charge in [0, 0.05) is 51.2 Å². The normalized spacial score (nSPS) is 17.2. The third kappa shape index (κ3) is 10.3. The number of carbonyl (C=O) groups is 2. The Hall–Kier alpha value is -4.76. The Morgan fingerprint density at radius 3 is 2.24 bits per heavy atom. The average molecular weight is 766 g/mol. The molecule has 3 heterocycles. The summed E-state index contributed by atoms with van der Waals surface area (Å²) in [7, 11) is 0. The number of piperidine rings is 1. The summed E-state index contributed by atoms with van der Waals surface area (Å²) in [5, 5.41) is 8.75. The Morgan fingerprint density at radius 2 is 1.64 bits per heavy atom. The minimum absolute atomic E-state index is 0.0750. The van der Waals surface area contributed by atoms with Gasteiger partial charge in [0.05, 0.1) is 17.8 Å². The summed E-state index contributed by atoms with van der Waals surface area (Å²) >= 11 is 0. The van der Waals surface area contributed by atoms with Crippen molar-refractivity contribution in [3.05, 3.63) is 76.5 Å². The quantitative estimate of drug-likeness (QED) is 0.161. The Balaban J connectivity index is 1.13. The molecule has 55 heavy (non-hydrogen) atoms. The molecule has 15 heteroatoms.